The largest absolute Gasteiger partial charge is 0.338 e. The van der Waals surface area contributed by atoms with Crippen molar-refractivity contribution in [2.75, 3.05) is 20.1 Å². The van der Waals surface area contributed by atoms with E-state index < -0.39 is 0 Å². The molecule has 2 fully saturated rings. The van der Waals surface area contributed by atoms with Crippen LogP contribution in [0.15, 0.2) is 60.1 Å². The second-order valence-corrected chi connectivity index (χ2v) is 7.34. The van der Waals surface area contributed by atoms with E-state index in [2.05, 4.69) is 50.8 Å². The number of aromatic nitrogens is 1. The predicted octanol–water partition coefficient (Wildman–Crippen LogP) is 1.07. The van der Waals surface area contributed by atoms with Gasteiger partial charge in [0.2, 0.25) is 0 Å². The third-order valence-corrected chi connectivity index (χ3v) is 5.56. The first-order chi connectivity index (χ1) is 13.8. The summed E-state index contributed by atoms with van der Waals surface area (Å²) in [4.78, 5) is 18.6. The normalized spacial score (nSPS) is 26.7. The molecule has 2 saturated heterocycles. The van der Waals surface area contributed by atoms with Crippen LogP contribution in [0.3, 0.4) is 0 Å². The maximum Gasteiger partial charge on any atom is 0.255 e. The molecule has 1 aromatic heterocycles. The molecule has 2 unspecified atom stereocenters. The molecule has 2 atom stereocenters. The van der Waals surface area contributed by atoms with Crippen molar-refractivity contribution < 1.29 is 4.79 Å². The molecule has 0 bridgehead atoms. The smallest absolute Gasteiger partial charge is 0.255 e. The molecule has 1 aliphatic carbocycles. The Morgan fingerprint density at radius 1 is 1.18 bits per heavy atom. The summed E-state index contributed by atoms with van der Waals surface area (Å²) >= 11 is 0. The van der Waals surface area contributed by atoms with E-state index in [-0.39, 0.29) is 12.1 Å². The Hall–Kier alpha value is -2.48. The quantitative estimate of drug-likeness (QED) is 0.462. The van der Waals surface area contributed by atoms with Crippen LogP contribution in [0.25, 0.3) is 0 Å². The Balaban J connectivity index is 1.45. The highest BCUT2D eigenvalue weighted by atomic mass is 16.2. The van der Waals surface area contributed by atoms with E-state index in [1.807, 2.05) is 18.0 Å². The van der Waals surface area contributed by atoms with E-state index in [0.29, 0.717) is 17.6 Å². The van der Waals surface area contributed by atoms with Crippen LogP contribution in [-0.4, -0.2) is 54.2 Å². The zero-order valence-electron chi connectivity index (χ0n) is 16.2. The summed E-state index contributed by atoms with van der Waals surface area (Å²) < 4.78 is 0. The molecule has 1 aromatic rings. The fraction of sp³-hybridized carbons (Fsp3) is 0.429. The van der Waals surface area contributed by atoms with Crippen LogP contribution < -0.4 is 21.5 Å². The summed E-state index contributed by atoms with van der Waals surface area (Å²) in [6.07, 6.45) is 15.0. The summed E-state index contributed by atoms with van der Waals surface area (Å²) in [5, 5.41) is 7.35. The number of likely N-dealkylation sites (tertiary alicyclic amines) is 1. The lowest BCUT2D eigenvalue weighted by molar-refractivity contribution is 0.0742. The highest BCUT2D eigenvalue weighted by Crippen LogP contribution is 2.24. The topological polar surface area (TPSA) is 81.3 Å². The van der Waals surface area contributed by atoms with Gasteiger partial charge in [-0.2, -0.15) is 0 Å². The first-order valence-electron chi connectivity index (χ1n) is 9.95. The Kier molecular flexibility index (Phi) is 5.85. The Morgan fingerprint density at radius 3 is 2.50 bits per heavy atom. The number of amides is 1. The van der Waals surface area contributed by atoms with Gasteiger partial charge in [0.25, 0.3) is 5.91 Å². The van der Waals surface area contributed by atoms with Gasteiger partial charge in [0.15, 0.2) is 0 Å². The lowest BCUT2D eigenvalue weighted by atomic mass is 9.99. The van der Waals surface area contributed by atoms with Crippen molar-refractivity contribution in [3.8, 4) is 0 Å². The number of nitrogens with zero attached hydrogens (tertiary/aromatic N) is 2. The molecule has 4 N–H and O–H groups in total. The SMILES string of the molecule is CNNC(=C1CCN(C(=O)c2cccnc2)CC1)C1NC2C=CCC=CC2N1. The molecule has 7 heteroatoms. The van der Waals surface area contributed by atoms with Gasteiger partial charge in [-0.15, -0.1) is 0 Å². The van der Waals surface area contributed by atoms with Crippen LogP contribution in [0.2, 0.25) is 0 Å². The fourth-order valence-electron chi connectivity index (χ4n) is 4.11. The summed E-state index contributed by atoms with van der Waals surface area (Å²) in [6, 6.07) is 4.22. The van der Waals surface area contributed by atoms with Gasteiger partial charge >= 0.3 is 0 Å². The number of carbonyl (C=O) groups is 1. The van der Waals surface area contributed by atoms with E-state index in [4.69, 9.17) is 0 Å². The van der Waals surface area contributed by atoms with Crippen LogP contribution in [0.4, 0.5) is 0 Å². The van der Waals surface area contributed by atoms with Crippen LogP contribution in [0.5, 0.6) is 0 Å². The van der Waals surface area contributed by atoms with Crippen LogP contribution in [0.1, 0.15) is 29.6 Å². The summed E-state index contributed by atoms with van der Waals surface area (Å²) in [5.74, 6) is 0.0601. The number of hydrogen-bond donors (Lipinski definition) is 4. The lowest BCUT2D eigenvalue weighted by Gasteiger charge is -2.31. The molecule has 148 valence electrons. The number of allylic oxidation sites excluding steroid dienone is 2. The van der Waals surface area contributed by atoms with Gasteiger partial charge in [-0.1, -0.05) is 24.3 Å². The minimum atomic E-state index is 0.0601. The van der Waals surface area contributed by atoms with E-state index in [1.54, 1.807) is 18.5 Å². The monoisotopic (exact) mass is 380 g/mol. The Bertz CT molecular complexity index is 757. The van der Waals surface area contributed by atoms with Gasteiger partial charge in [0, 0.05) is 44.6 Å². The van der Waals surface area contributed by atoms with Crippen molar-refractivity contribution in [1.82, 2.24) is 31.4 Å². The maximum atomic E-state index is 12.7. The molecule has 7 nitrogen and oxygen atoms in total. The number of nitrogens with one attached hydrogen (secondary N) is 4. The molecule has 0 spiro atoms. The fourth-order valence-corrected chi connectivity index (χ4v) is 4.11. The Morgan fingerprint density at radius 2 is 1.89 bits per heavy atom. The van der Waals surface area contributed by atoms with E-state index in [9.17, 15) is 4.79 Å². The third-order valence-electron chi connectivity index (χ3n) is 5.56. The van der Waals surface area contributed by atoms with Gasteiger partial charge in [-0.05, 0) is 37.0 Å². The van der Waals surface area contributed by atoms with Gasteiger partial charge in [0.05, 0.1) is 11.3 Å². The zero-order valence-corrected chi connectivity index (χ0v) is 16.2. The van der Waals surface area contributed by atoms with Crippen molar-refractivity contribution in [2.24, 2.45) is 0 Å². The number of fused-ring (bicyclic) bond motifs is 1. The number of pyridine rings is 1. The van der Waals surface area contributed by atoms with Crippen molar-refractivity contribution in [3.63, 3.8) is 0 Å². The molecule has 2 aliphatic heterocycles. The van der Waals surface area contributed by atoms with E-state index in [0.717, 1.165) is 38.0 Å². The van der Waals surface area contributed by atoms with E-state index in [1.165, 1.54) is 5.57 Å². The highest BCUT2D eigenvalue weighted by molar-refractivity contribution is 5.94. The van der Waals surface area contributed by atoms with Crippen molar-refractivity contribution in [2.45, 2.75) is 37.5 Å². The first kappa shape index (κ1) is 18.9. The second kappa shape index (κ2) is 8.68. The second-order valence-electron chi connectivity index (χ2n) is 7.34. The molecule has 1 amide bonds. The highest BCUT2D eigenvalue weighted by Gasteiger charge is 2.34. The molecule has 0 aromatic carbocycles. The first-order valence-corrected chi connectivity index (χ1v) is 9.95. The predicted molar refractivity (Wildman–Crippen MR) is 109 cm³/mol. The molecule has 0 radical (unpaired) electrons. The molecule has 0 saturated carbocycles. The molecular formula is C21H28N6O. The summed E-state index contributed by atoms with van der Waals surface area (Å²) in [5.41, 5.74) is 9.57. The lowest BCUT2D eigenvalue weighted by Crippen LogP contribution is -2.46. The third kappa shape index (κ3) is 4.01. The van der Waals surface area contributed by atoms with E-state index >= 15 is 0 Å². The number of carbonyl (C=O) groups excluding carboxylic acids is 1. The van der Waals surface area contributed by atoms with Crippen molar-refractivity contribution >= 4 is 5.91 Å². The van der Waals surface area contributed by atoms with Gasteiger partial charge in [-0.3, -0.25) is 20.4 Å². The average Bonchev–Trinajstić information content (AvgIpc) is 3.02. The van der Waals surface area contributed by atoms with Gasteiger partial charge < -0.3 is 10.3 Å². The molecule has 28 heavy (non-hydrogen) atoms. The minimum Gasteiger partial charge on any atom is -0.338 e. The Labute approximate surface area is 165 Å². The van der Waals surface area contributed by atoms with Crippen LogP contribution in [-0.2, 0) is 0 Å². The average molecular weight is 380 g/mol. The summed E-state index contributed by atoms with van der Waals surface area (Å²) in [7, 11) is 1.88. The van der Waals surface area contributed by atoms with Crippen molar-refractivity contribution in [3.05, 3.63) is 65.7 Å². The number of rotatable bonds is 4. The number of piperidine rings is 1. The molecule has 3 aliphatic rings. The number of hydrogen-bond acceptors (Lipinski definition) is 6. The number of hydrazine groups is 1. The van der Waals surface area contributed by atoms with Gasteiger partial charge in [-0.25, -0.2) is 5.43 Å². The standard InChI is InChI=1S/C21H28N6O/c1-22-26-19(20-24-17-7-3-2-4-8-18(17)25-20)15-9-12-27(13-10-15)21(28)16-6-5-11-23-14-16/h3-8,11,14,17-18,20,22,24-26H,2,9-10,12-13H2,1H3. The van der Waals surface area contributed by atoms with Crippen LogP contribution in [0, 0.1) is 0 Å². The maximum absolute atomic E-state index is 12.7. The summed E-state index contributed by atoms with van der Waals surface area (Å²) in [6.45, 7) is 1.44. The molecular weight excluding hydrogens is 352 g/mol. The minimum absolute atomic E-state index is 0.0601. The van der Waals surface area contributed by atoms with Gasteiger partial charge in [0.1, 0.15) is 6.17 Å². The zero-order chi connectivity index (χ0) is 19.3. The van der Waals surface area contributed by atoms with Crippen LogP contribution >= 0.6 is 0 Å². The molecule has 4 rings (SSSR count). The van der Waals surface area contributed by atoms with Crippen molar-refractivity contribution in [1.29, 1.82) is 0 Å². The molecule has 3 heterocycles.